The lowest BCUT2D eigenvalue weighted by molar-refractivity contribution is -0.384. The number of thiazole rings is 1. The van der Waals surface area contributed by atoms with E-state index in [1.54, 1.807) is 0 Å². The lowest BCUT2D eigenvalue weighted by atomic mass is 9.82. The van der Waals surface area contributed by atoms with E-state index in [1.807, 2.05) is 54.6 Å². The van der Waals surface area contributed by atoms with Crippen LogP contribution < -0.4 is 9.77 Å². The van der Waals surface area contributed by atoms with E-state index < -0.39 is 27.9 Å². The van der Waals surface area contributed by atoms with Gasteiger partial charge in [-0.1, -0.05) is 77.7 Å². The number of nitrogens with one attached hydrogen (secondary N) is 1. The Labute approximate surface area is 212 Å². The molecule has 0 bridgehead atoms. The monoisotopic (exact) mass is 515 g/mol. The van der Waals surface area contributed by atoms with E-state index in [0.717, 1.165) is 37.8 Å². The van der Waals surface area contributed by atoms with Crippen molar-refractivity contribution in [1.29, 1.82) is 0 Å². The molecule has 0 radical (unpaired) electrons. The number of rotatable bonds is 4. The predicted molar refractivity (Wildman–Crippen MR) is 137 cm³/mol. The lowest BCUT2D eigenvalue weighted by Crippen LogP contribution is -2.32. The molecular weight excluding hydrogens is 498 g/mol. The third kappa shape index (κ3) is 3.57. The molecule has 3 unspecified atom stereocenters. The standard InChI is InChI=1S/C26H17N3O5S2/c30-24-20-19(16-8-6-15(7-9-16)14-4-2-1-3-5-14)21-23(27-26(32)36-21)35-22(20)25(31)28(24)17-10-12-18(13-11-17)29(33)34/h1-13,19-20,22H,(H,27,32). The first-order valence-electron chi connectivity index (χ1n) is 11.1. The van der Waals surface area contributed by atoms with E-state index >= 15 is 0 Å². The Hall–Kier alpha value is -4.02. The number of aromatic nitrogens is 1. The average Bonchev–Trinajstić information content (AvgIpc) is 3.39. The summed E-state index contributed by atoms with van der Waals surface area (Å²) < 4.78 is 0. The van der Waals surface area contributed by atoms with Crippen LogP contribution in [0.5, 0.6) is 0 Å². The number of aromatic amines is 1. The van der Waals surface area contributed by atoms with Gasteiger partial charge in [-0.05, 0) is 28.8 Å². The van der Waals surface area contributed by atoms with Crippen LogP contribution in [-0.4, -0.2) is 27.0 Å². The fourth-order valence-electron chi connectivity index (χ4n) is 4.87. The number of nitrogens with zero attached hydrogens (tertiary/aromatic N) is 2. The molecule has 1 aromatic heterocycles. The van der Waals surface area contributed by atoms with Crippen molar-refractivity contribution in [3.63, 3.8) is 0 Å². The summed E-state index contributed by atoms with van der Waals surface area (Å²) in [6, 6.07) is 23.1. The zero-order chi connectivity index (χ0) is 25.0. The SMILES string of the molecule is O=C1C2Sc3[nH]c(=O)sc3C(c3ccc(-c4ccccc4)cc3)C2C(=O)N1c1ccc([N+](=O)[O-])cc1. The molecule has 6 rings (SSSR count). The summed E-state index contributed by atoms with van der Waals surface area (Å²) >= 11 is 2.26. The van der Waals surface area contributed by atoms with Crippen molar-refractivity contribution in [2.45, 2.75) is 16.2 Å². The molecule has 8 nitrogen and oxygen atoms in total. The van der Waals surface area contributed by atoms with Crippen molar-refractivity contribution in [2.75, 3.05) is 4.90 Å². The van der Waals surface area contributed by atoms with E-state index in [4.69, 9.17) is 0 Å². The van der Waals surface area contributed by atoms with Crippen molar-refractivity contribution >= 4 is 46.3 Å². The zero-order valence-corrected chi connectivity index (χ0v) is 20.1. The Morgan fingerprint density at radius 1 is 0.833 bits per heavy atom. The number of benzene rings is 3. The number of thioether (sulfide) groups is 1. The average molecular weight is 516 g/mol. The third-order valence-corrected chi connectivity index (χ3v) is 8.92. The van der Waals surface area contributed by atoms with Crippen LogP contribution in [0.15, 0.2) is 88.7 Å². The molecule has 2 aliphatic rings. The Kier molecular flexibility index (Phi) is 5.35. The van der Waals surface area contributed by atoms with Crippen LogP contribution in [-0.2, 0) is 9.59 Å². The highest BCUT2D eigenvalue weighted by molar-refractivity contribution is 8.00. The summed E-state index contributed by atoms with van der Waals surface area (Å²) in [5.74, 6) is -1.96. The third-order valence-electron chi connectivity index (χ3n) is 6.52. The van der Waals surface area contributed by atoms with Gasteiger partial charge in [0.05, 0.1) is 21.6 Å². The Morgan fingerprint density at radius 3 is 2.17 bits per heavy atom. The van der Waals surface area contributed by atoms with Crippen LogP contribution in [0.2, 0.25) is 0 Å². The highest BCUT2D eigenvalue weighted by Crippen LogP contribution is 2.53. The summed E-state index contributed by atoms with van der Waals surface area (Å²) in [6.45, 7) is 0. The van der Waals surface area contributed by atoms with Gasteiger partial charge in [0.1, 0.15) is 5.25 Å². The molecule has 36 heavy (non-hydrogen) atoms. The summed E-state index contributed by atoms with van der Waals surface area (Å²) in [7, 11) is 0. The Balaban J connectivity index is 1.41. The Bertz CT molecular complexity index is 1560. The van der Waals surface area contributed by atoms with E-state index in [2.05, 4.69) is 4.98 Å². The van der Waals surface area contributed by atoms with Crippen molar-refractivity contribution in [3.8, 4) is 11.1 Å². The predicted octanol–water partition coefficient (Wildman–Crippen LogP) is 4.81. The minimum absolute atomic E-state index is 0.124. The quantitative estimate of drug-likeness (QED) is 0.237. The highest BCUT2D eigenvalue weighted by atomic mass is 32.2. The number of carbonyl (C=O) groups is 2. The number of non-ortho nitro benzene ring substituents is 1. The molecule has 2 aliphatic heterocycles. The number of hydrogen-bond acceptors (Lipinski definition) is 7. The molecule has 0 aliphatic carbocycles. The van der Waals surface area contributed by atoms with Crippen molar-refractivity contribution in [1.82, 2.24) is 4.98 Å². The zero-order valence-electron chi connectivity index (χ0n) is 18.5. The highest BCUT2D eigenvalue weighted by Gasteiger charge is 2.56. The summed E-state index contributed by atoms with van der Waals surface area (Å²) in [5, 5.41) is 10.9. The van der Waals surface area contributed by atoms with E-state index in [9.17, 15) is 24.5 Å². The molecule has 3 heterocycles. The first-order valence-corrected chi connectivity index (χ1v) is 12.8. The van der Waals surface area contributed by atoms with Crippen molar-refractivity contribution < 1.29 is 14.5 Å². The van der Waals surface area contributed by atoms with Crippen molar-refractivity contribution in [3.05, 3.63) is 109 Å². The molecule has 10 heteroatoms. The number of amides is 2. The number of fused-ring (bicyclic) bond motifs is 2. The van der Waals surface area contributed by atoms with Crippen LogP contribution in [0.3, 0.4) is 0 Å². The molecule has 0 spiro atoms. The molecule has 4 aromatic rings. The molecule has 3 aromatic carbocycles. The van der Waals surface area contributed by atoms with Gasteiger partial charge in [-0.3, -0.25) is 24.5 Å². The van der Waals surface area contributed by atoms with Gasteiger partial charge in [-0.25, -0.2) is 4.90 Å². The van der Waals surface area contributed by atoms with E-state index in [-0.39, 0.29) is 16.5 Å². The number of nitro groups is 1. The van der Waals surface area contributed by atoms with Gasteiger partial charge in [-0.15, -0.1) is 0 Å². The van der Waals surface area contributed by atoms with Gasteiger partial charge in [0.25, 0.3) is 5.69 Å². The van der Waals surface area contributed by atoms with E-state index in [0.29, 0.717) is 10.7 Å². The van der Waals surface area contributed by atoms with Crippen molar-refractivity contribution in [2.24, 2.45) is 5.92 Å². The molecule has 2 amide bonds. The second kappa shape index (κ2) is 8.58. The van der Waals surface area contributed by atoms with Gasteiger partial charge in [0.2, 0.25) is 11.8 Å². The first kappa shape index (κ1) is 22.4. The number of nitro benzene ring substituents is 1. The minimum Gasteiger partial charge on any atom is -0.307 e. The first-order chi connectivity index (χ1) is 17.4. The summed E-state index contributed by atoms with van der Waals surface area (Å²) in [4.78, 5) is 54.4. The van der Waals surface area contributed by atoms with Crippen LogP contribution in [0.25, 0.3) is 11.1 Å². The maximum Gasteiger partial charge on any atom is 0.305 e. The number of imide groups is 1. The van der Waals surface area contributed by atoms with Gasteiger partial charge in [0.15, 0.2) is 0 Å². The van der Waals surface area contributed by atoms with Crippen LogP contribution >= 0.6 is 23.1 Å². The number of carbonyl (C=O) groups excluding carboxylic acids is 2. The van der Waals surface area contributed by atoms with Crippen LogP contribution in [0, 0.1) is 16.0 Å². The molecule has 0 saturated carbocycles. The topological polar surface area (TPSA) is 113 Å². The maximum atomic E-state index is 13.7. The smallest absolute Gasteiger partial charge is 0.305 e. The van der Waals surface area contributed by atoms with Gasteiger partial charge in [0, 0.05) is 22.9 Å². The van der Waals surface area contributed by atoms with Crippen LogP contribution in [0.1, 0.15) is 16.4 Å². The number of H-pyrrole nitrogens is 1. The fraction of sp³-hybridized carbons (Fsp3) is 0.115. The fourth-order valence-corrected chi connectivity index (χ4v) is 7.38. The number of anilines is 1. The largest absolute Gasteiger partial charge is 0.307 e. The number of hydrogen-bond donors (Lipinski definition) is 1. The molecule has 1 saturated heterocycles. The van der Waals surface area contributed by atoms with Gasteiger partial charge < -0.3 is 4.98 Å². The molecular formula is C26H17N3O5S2. The van der Waals surface area contributed by atoms with Crippen LogP contribution in [0.4, 0.5) is 11.4 Å². The molecule has 1 fully saturated rings. The van der Waals surface area contributed by atoms with Gasteiger partial charge in [-0.2, -0.15) is 0 Å². The lowest BCUT2D eigenvalue weighted by Gasteiger charge is -2.29. The molecule has 1 N–H and O–H groups in total. The molecule has 178 valence electrons. The van der Waals surface area contributed by atoms with Gasteiger partial charge >= 0.3 is 4.87 Å². The van der Waals surface area contributed by atoms with E-state index in [1.165, 1.54) is 36.0 Å². The second-order valence-electron chi connectivity index (χ2n) is 8.52. The Morgan fingerprint density at radius 2 is 1.50 bits per heavy atom. The minimum atomic E-state index is -0.718. The molecule has 3 atom stereocenters. The maximum absolute atomic E-state index is 13.7. The summed E-state index contributed by atoms with van der Waals surface area (Å²) in [6.07, 6.45) is 0. The normalized spacial score (nSPS) is 20.8. The summed E-state index contributed by atoms with van der Waals surface area (Å²) in [5.41, 5.74) is 3.09. The second-order valence-corrected chi connectivity index (χ2v) is 10.7.